The number of methoxy groups -OCH3 is 1. The molecule has 0 radical (unpaired) electrons. The summed E-state index contributed by atoms with van der Waals surface area (Å²) >= 11 is 0. The zero-order chi connectivity index (χ0) is 30.0. The maximum atomic E-state index is 13.5. The summed E-state index contributed by atoms with van der Waals surface area (Å²) in [5.74, 6) is 0.253. The topological polar surface area (TPSA) is 114 Å². The highest BCUT2D eigenvalue weighted by molar-refractivity contribution is 5.80. The SMILES string of the molecule is COCNC1CCC(C(=O)N2CCN(C(=O)OC(C)(C)C)C[C@@H]2c2ccccc2)CC1.Cc1ccc(C=O)cc1N.[HH]. The lowest BCUT2D eigenvalue weighted by molar-refractivity contribution is -0.142. The van der Waals surface area contributed by atoms with E-state index < -0.39 is 5.60 Å². The van der Waals surface area contributed by atoms with E-state index >= 15 is 0 Å². The highest BCUT2D eigenvalue weighted by Crippen LogP contribution is 2.32. The second-order valence-electron chi connectivity index (χ2n) is 11.8. The van der Waals surface area contributed by atoms with Gasteiger partial charge in [-0.05, 0) is 70.6 Å². The molecule has 3 N–H and O–H groups in total. The number of nitrogens with zero attached hydrogens (tertiary/aromatic N) is 2. The molecule has 9 heteroatoms. The number of ether oxygens (including phenoxy) is 2. The van der Waals surface area contributed by atoms with Crippen molar-refractivity contribution in [2.24, 2.45) is 5.92 Å². The molecule has 1 heterocycles. The van der Waals surface area contributed by atoms with Gasteiger partial charge in [0.2, 0.25) is 5.91 Å². The second-order valence-corrected chi connectivity index (χ2v) is 11.8. The van der Waals surface area contributed by atoms with Crippen molar-refractivity contribution in [2.45, 2.75) is 71.1 Å². The first kappa shape index (κ1) is 32.1. The van der Waals surface area contributed by atoms with Crippen LogP contribution in [0.2, 0.25) is 0 Å². The van der Waals surface area contributed by atoms with Gasteiger partial charge in [-0.1, -0.05) is 42.5 Å². The third kappa shape index (κ3) is 9.57. The van der Waals surface area contributed by atoms with E-state index in [0.717, 1.165) is 43.1 Å². The van der Waals surface area contributed by atoms with Crippen LogP contribution in [0.1, 0.15) is 75.4 Å². The van der Waals surface area contributed by atoms with Crippen molar-refractivity contribution >= 4 is 24.0 Å². The fraction of sp³-hybridized carbons (Fsp3) is 0.531. The molecule has 1 atom stereocenters. The number of aldehydes is 1. The van der Waals surface area contributed by atoms with Gasteiger partial charge in [0.1, 0.15) is 11.9 Å². The quantitative estimate of drug-likeness (QED) is 0.280. The first-order valence-electron chi connectivity index (χ1n) is 14.4. The maximum Gasteiger partial charge on any atom is 0.410 e. The van der Waals surface area contributed by atoms with E-state index in [1.807, 2.05) is 69.0 Å². The van der Waals surface area contributed by atoms with Crippen molar-refractivity contribution in [2.75, 3.05) is 39.2 Å². The molecule has 1 saturated carbocycles. The van der Waals surface area contributed by atoms with Crippen molar-refractivity contribution < 1.29 is 25.3 Å². The summed E-state index contributed by atoms with van der Waals surface area (Å²) in [4.78, 5) is 40.1. The Labute approximate surface area is 245 Å². The molecule has 9 nitrogen and oxygen atoms in total. The average molecular weight is 569 g/mol. The zero-order valence-electron chi connectivity index (χ0n) is 25.1. The summed E-state index contributed by atoms with van der Waals surface area (Å²) in [5.41, 5.74) is 8.36. The van der Waals surface area contributed by atoms with E-state index in [1.165, 1.54) is 0 Å². The molecule has 2 aliphatic rings. The van der Waals surface area contributed by atoms with Crippen LogP contribution in [-0.2, 0) is 14.3 Å². The Hall–Kier alpha value is -3.43. The van der Waals surface area contributed by atoms with Crippen molar-refractivity contribution in [3.8, 4) is 0 Å². The number of benzene rings is 2. The van der Waals surface area contributed by atoms with Gasteiger partial charge >= 0.3 is 6.09 Å². The number of anilines is 1. The molecule has 0 spiro atoms. The fourth-order valence-electron chi connectivity index (χ4n) is 5.21. The maximum absolute atomic E-state index is 13.5. The van der Waals surface area contributed by atoms with E-state index in [9.17, 15) is 14.4 Å². The van der Waals surface area contributed by atoms with Crippen LogP contribution in [0.25, 0.3) is 0 Å². The molecule has 2 fully saturated rings. The van der Waals surface area contributed by atoms with E-state index in [-0.39, 0.29) is 25.4 Å². The summed E-state index contributed by atoms with van der Waals surface area (Å²) in [6.45, 7) is 9.55. The van der Waals surface area contributed by atoms with Crippen molar-refractivity contribution in [3.63, 3.8) is 0 Å². The third-order valence-corrected chi connectivity index (χ3v) is 7.53. The van der Waals surface area contributed by atoms with Crippen LogP contribution in [0.4, 0.5) is 10.5 Å². The highest BCUT2D eigenvalue weighted by Gasteiger charge is 2.38. The Kier molecular flexibility index (Phi) is 11.7. The van der Waals surface area contributed by atoms with Crippen molar-refractivity contribution in [1.82, 2.24) is 15.1 Å². The number of hydrogen-bond acceptors (Lipinski definition) is 7. The Balaban J connectivity index is 0.000000475. The number of piperazine rings is 1. The third-order valence-electron chi connectivity index (χ3n) is 7.53. The van der Waals surface area contributed by atoms with Crippen molar-refractivity contribution in [1.29, 1.82) is 0 Å². The van der Waals surface area contributed by atoms with E-state index in [2.05, 4.69) is 5.32 Å². The number of nitrogens with two attached hydrogens (primary N) is 1. The molecule has 0 aromatic heterocycles. The van der Waals surface area contributed by atoms with E-state index in [0.29, 0.717) is 43.7 Å². The van der Waals surface area contributed by atoms with Crippen LogP contribution >= 0.6 is 0 Å². The van der Waals surface area contributed by atoms with E-state index in [1.54, 1.807) is 24.1 Å². The molecule has 1 aliphatic carbocycles. The summed E-state index contributed by atoms with van der Waals surface area (Å²) in [6.07, 6.45) is 4.20. The first-order valence-corrected chi connectivity index (χ1v) is 14.4. The lowest BCUT2D eigenvalue weighted by Gasteiger charge is -2.43. The Morgan fingerprint density at radius 3 is 2.34 bits per heavy atom. The minimum atomic E-state index is -0.540. The molecular formula is C32H48N4O5. The molecule has 2 aromatic carbocycles. The van der Waals surface area contributed by atoms with Crippen molar-refractivity contribution in [3.05, 3.63) is 65.2 Å². The summed E-state index contributed by atoms with van der Waals surface area (Å²) in [5, 5.41) is 3.38. The molecule has 0 bridgehead atoms. The number of carbonyl (C=O) groups is 3. The molecule has 4 rings (SSSR count). The van der Waals surface area contributed by atoms with Gasteiger partial charge in [0.05, 0.1) is 12.8 Å². The molecule has 1 saturated heterocycles. The number of amides is 2. The second kappa shape index (κ2) is 15.0. The van der Waals surface area contributed by atoms with E-state index in [4.69, 9.17) is 15.2 Å². The van der Waals surface area contributed by atoms with Crippen LogP contribution in [0, 0.1) is 12.8 Å². The van der Waals surface area contributed by atoms with Gasteiger partial charge < -0.3 is 25.0 Å². The number of nitrogen functional groups attached to an aromatic ring is 1. The molecule has 2 amide bonds. The fourth-order valence-corrected chi connectivity index (χ4v) is 5.21. The smallest absolute Gasteiger partial charge is 0.410 e. The predicted octanol–water partition coefficient (Wildman–Crippen LogP) is 5.20. The number of carbonyl (C=O) groups excluding carboxylic acids is 3. The Morgan fingerprint density at radius 1 is 1.07 bits per heavy atom. The summed E-state index contributed by atoms with van der Waals surface area (Å²) < 4.78 is 10.7. The Morgan fingerprint density at radius 2 is 1.76 bits per heavy atom. The number of aryl methyl sites for hydroxylation is 1. The first-order chi connectivity index (χ1) is 19.5. The number of nitrogens with one attached hydrogen (secondary N) is 1. The van der Waals surface area contributed by atoms with Crippen LogP contribution < -0.4 is 11.1 Å². The van der Waals surface area contributed by atoms with Crippen LogP contribution in [-0.4, -0.2) is 73.2 Å². The summed E-state index contributed by atoms with van der Waals surface area (Å²) in [7, 11) is 1.68. The van der Waals surface area contributed by atoms with Crippen LogP contribution in [0.15, 0.2) is 48.5 Å². The lowest BCUT2D eigenvalue weighted by atomic mass is 9.84. The molecule has 226 valence electrons. The minimum absolute atomic E-state index is 0. The van der Waals surface area contributed by atoms with Gasteiger partial charge in [0.25, 0.3) is 0 Å². The number of rotatable bonds is 6. The predicted molar refractivity (Wildman–Crippen MR) is 163 cm³/mol. The van der Waals surface area contributed by atoms with Gasteiger partial charge in [-0.3, -0.25) is 14.9 Å². The standard InChI is InChI=1S/C24H37N3O4.C8H9NO.H2/c1-24(2,3)31-23(29)26-14-15-27(21(16-26)18-8-6-5-7-9-18)22(28)19-10-12-20(13-11-19)25-17-30-4;1-6-2-3-7(5-10)4-8(6)9;/h5-9,19-21,25H,10-17H2,1-4H3;2-5H,9H2,1H3;1H/t19?,20?,21-;;/m1../s1. The number of hydrogen-bond donors (Lipinski definition) is 2. The zero-order valence-corrected chi connectivity index (χ0v) is 25.1. The van der Waals surface area contributed by atoms with Gasteiger partial charge in [0.15, 0.2) is 0 Å². The van der Waals surface area contributed by atoms with Gasteiger partial charge in [-0.2, -0.15) is 0 Å². The lowest BCUT2D eigenvalue weighted by Crippen LogP contribution is -2.54. The van der Waals surface area contributed by atoms with Gasteiger partial charge in [0, 0.05) is 51.4 Å². The van der Waals surface area contributed by atoms with Crippen LogP contribution in [0.3, 0.4) is 0 Å². The molecular weight excluding hydrogens is 520 g/mol. The molecule has 41 heavy (non-hydrogen) atoms. The summed E-state index contributed by atoms with van der Waals surface area (Å²) in [6, 6.07) is 15.5. The van der Waals surface area contributed by atoms with Gasteiger partial charge in [-0.15, -0.1) is 0 Å². The molecule has 2 aromatic rings. The monoisotopic (exact) mass is 568 g/mol. The van der Waals surface area contributed by atoms with Gasteiger partial charge in [-0.25, -0.2) is 4.79 Å². The highest BCUT2D eigenvalue weighted by atomic mass is 16.6. The normalized spacial score (nSPS) is 21.0. The molecule has 1 aliphatic heterocycles. The molecule has 0 unspecified atom stereocenters. The minimum Gasteiger partial charge on any atom is -0.444 e. The largest absolute Gasteiger partial charge is 0.444 e. The average Bonchev–Trinajstić information content (AvgIpc) is 2.97. The Bertz CT molecular complexity index is 1150. The van der Waals surface area contributed by atoms with Crippen LogP contribution in [0.5, 0.6) is 0 Å².